The molecular weight excluding hydrogens is 224 g/mol. The van der Waals surface area contributed by atoms with Gasteiger partial charge in [0.1, 0.15) is 11.9 Å². The summed E-state index contributed by atoms with van der Waals surface area (Å²) in [6.07, 6.45) is -0.271. The van der Waals surface area contributed by atoms with Crippen LogP contribution in [0.15, 0.2) is 18.2 Å². The standard InChI is InChI=1S/C13H19F2NO/c1-8(16)12(13(2,3)4)17-9-5-6-10(14)11(15)7-9/h5-8,12H,16H2,1-4H3. The van der Waals surface area contributed by atoms with E-state index in [9.17, 15) is 8.78 Å². The van der Waals surface area contributed by atoms with E-state index in [-0.39, 0.29) is 17.6 Å². The zero-order chi connectivity index (χ0) is 13.2. The molecule has 1 aromatic rings. The van der Waals surface area contributed by atoms with Crippen LogP contribution in [-0.4, -0.2) is 12.1 Å². The van der Waals surface area contributed by atoms with Crippen molar-refractivity contribution in [3.05, 3.63) is 29.8 Å². The first kappa shape index (κ1) is 13.9. The smallest absolute Gasteiger partial charge is 0.162 e. The molecule has 1 rings (SSSR count). The first-order valence-corrected chi connectivity index (χ1v) is 5.59. The Hall–Kier alpha value is -1.16. The largest absolute Gasteiger partial charge is 0.488 e. The topological polar surface area (TPSA) is 35.2 Å². The summed E-state index contributed by atoms with van der Waals surface area (Å²) in [6.45, 7) is 7.79. The molecule has 0 aliphatic rings. The normalized spacial score (nSPS) is 15.5. The number of hydrogen-bond donors (Lipinski definition) is 1. The summed E-state index contributed by atoms with van der Waals surface area (Å²) in [5.41, 5.74) is 5.66. The summed E-state index contributed by atoms with van der Waals surface area (Å²) in [5, 5.41) is 0. The van der Waals surface area contributed by atoms with Crippen LogP contribution in [0.5, 0.6) is 5.75 Å². The highest BCUT2D eigenvalue weighted by molar-refractivity contribution is 5.24. The van der Waals surface area contributed by atoms with Crippen LogP contribution in [0.25, 0.3) is 0 Å². The predicted molar refractivity (Wildman–Crippen MR) is 63.9 cm³/mol. The van der Waals surface area contributed by atoms with Gasteiger partial charge in [-0.25, -0.2) is 8.78 Å². The van der Waals surface area contributed by atoms with Gasteiger partial charge in [0.15, 0.2) is 11.6 Å². The Morgan fingerprint density at radius 2 is 1.76 bits per heavy atom. The zero-order valence-corrected chi connectivity index (χ0v) is 10.6. The highest BCUT2D eigenvalue weighted by Gasteiger charge is 2.30. The summed E-state index contributed by atoms with van der Waals surface area (Å²) in [6, 6.07) is 3.28. The zero-order valence-electron chi connectivity index (χ0n) is 10.6. The Morgan fingerprint density at radius 1 is 1.18 bits per heavy atom. The maximum Gasteiger partial charge on any atom is 0.162 e. The average Bonchev–Trinajstić information content (AvgIpc) is 2.17. The number of ether oxygens (including phenoxy) is 1. The second-order valence-electron chi connectivity index (χ2n) is 5.34. The van der Waals surface area contributed by atoms with Gasteiger partial charge in [-0.1, -0.05) is 20.8 Å². The van der Waals surface area contributed by atoms with Gasteiger partial charge in [0.2, 0.25) is 0 Å². The first-order chi connectivity index (χ1) is 7.71. The van der Waals surface area contributed by atoms with Crippen molar-refractivity contribution in [3.8, 4) is 5.75 Å². The molecule has 2 unspecified atom stereocenters. The third-order valence-electron chi connectivity index (χ3n) is 2.49. The quantitative estimate of drug-likeness (QED) is 0.885. The highest BCUT2D eigenvalue weighted by Crippen LogP contribution is 2.27. The van der Waals surface area contributed by atoms with Gasteiger partial charge < -0.3 is 10.5 Å². The molecule has 0 heterocycles. The molecule has 17 heavy (non-hydrogen) atoms. The maximum atomic E-state index is 13.0. The van der Waals surface area contributed by atoms with Gasteiger partial charge in [0.25, 0.3) is 0 Å². The molecular formula is C13H19F2NO. The van der Waals surface area contributed by atoms with E-state index in [1.54, 1.807) is 0 Å². The van der Waals surface area contributed by atoms with E-state index in [4.69, 9.17) is 10.5 Å². The van der Waals surface area contributed by atoms with E-state index in [1.807, 2.05) is 27.7 Å². The lowest BCUT2D eigenvalue weighted by Gasteiger charge is -2.34. The molecule has 0 amide bonds. The molecule has 1 aromatic carbocycles. The molecule has 96 valence electrons. The fourth-order valence-corrected chi connectivity index (χ4v) is 1.77. The Morgan fingerprint density at radius 3 is 2.18 bits per heavy atom. The van der Waals surface area contributed by atoms with Crippen molar-refractivity contribution in [3.63, 3.8) is 0 Å². The fraction of sp³-hybridized carbons (Fsp3) is 0.538. The van der Waals surface area contributed by atoms with Crippen LogP contribution >= 0.6 is 0 Å². The van der Waals surface area contributed by atoms with Crippen molar-refractivity contribution in [1.29, 1.82) is 0 Å². The van der Waals surface area contributed by atoms with Gasteiger partial charge in [0, 0.05) is 17.5 Å². The predicted octanol–water partition coefficient (Wildman–Crippen LogP) is 3.11. The van der Waals surface area contributed by atoms with E-state index in [0.717, 1.165) is 12.1 Å². The van der Waals surface area contributed by atoms with E-state index < -0.39 is 11.6 Å². The van der Waals surface area contributed by atoms with E-state index in [2.05, 4.69) is 0 Å². The number of benzene rings is 1. The molecule has 0 bridgehead atoms. The minimum atomic E-state index is -0.917. The molecule has 0 fully saturated rings. The Bertz CT molecular complexity index is 385. The van der Waals surface area contributed by atoms with Crippen LogP contribution in [0, 0.1) is 17.0 Å². The van der Waals surface area contributed by atoms with Crippen molar-refractivity contribution in [2.75, 3.05) is 0 Å². The van der Waals surface area contributed by atoms with Crippen LogP contribution in [-0.2, 0) is 0 Å². The summed E-state index contributed by atoms with van der Waals surface area (Å²) < 4.78 is 31.5. The molecule has 0 aliphatic heterocycles. The highest BCUT2D eigenvalue weighted by atomic mass is 19.2. The van der Waals surface area contributed by atoms with Gasteiger partial charge in [-0.2, -0.15) is 0 Å². The van der Waals surface area contributed by atoms with Crippen molar-refractivity contribution >= 4 is 0 Å². The van der Waals surface area contributed by atoms with Crippen LogP contribution in [0.2, 0.25) is 0 Å². The Balaban J connectivity index is 2.91. The van der Waals surface area contributed by atoms with Gasteiger partial charge in [-0.15, -0.1) is 0 Å². The second-order valence-corrected chi connectivity index (χ2v) is 5.34. The lowest BCUT2D eigenvalue weighted by atomic mass is 9.85. The molecule has 0 aromatic heterocycles. The first-order valence-electron chi connectivity index (χ1n) is 5.59. The monoisotopic (exact) mass is 243 g/mol. The van der Waals surface area contributed by atoms with Crippen LogP contribution in [0.1, 0.15) is 27.7 Å². The lowest BCUT2D eigenvalue weighted by molar-refractivity contribution is 0.0680. The summed E-state index contributed by atoms with van der Waals surface area (Å²) in [7, 11) is 0. The third-order valence-corrected chi connectivity index (χ3v) is 2.49. The lowest BCUT2D eigenvalue weighted by Crippen LogP contribution is -2.45. The molecule has 2 nitrogen and oxygen atoms in total. The van der Waals surface area contributed by atoms with Gasteiger partial charge in [0.05, 0.1) is 0 Å². The molecule has 4 heteroatoms. The Kier molecular flexibility index (Phi) is 4.09. The van der Waals surface area contributed by atoms with Crippen molar-refractivity contribution in [2.45, 2.75) is 39.8 Å². The molecule has 0 saturated carbocycles. The van der Waals surface area contributed by atoms with Crippen LogP contribution in [0.3, 0.4) is 0 Å². The minimum Gasteiger partial charge on any atom is -0.488 e. The SMILES string of the molecule is CC(N)C(Oc1ccc(F)c(F)c1)C(C)(C)C. The molecule has 0 spiro atoms. The van der Waals surface area contributed by atoms with E-state index in [0.29, 0.717) is 5.75 Å². The minimum absolute atomic E-state index is 0.182. The fourth-order valence-electron chi connectivity index (χ4n) is 1.77. The number of hydrogen-bond acceptors (Lipinski definition) is 2. The third kappa shape index (κ3) is 3.66. The van der Waals surface area contributed by atoms with E-state index in [1.165, 1.54) is 6.07 Å². The molecule has 2 N–H and O–H groups in total. The summed E-state index contributed by atoms with van der Waals surface area (Å²) in [5.74, 6) is -1.51. The maximum absolute atomic E-state index is 13.0. The number of rotatable bonds is 3. The van der Waals surface area contributed by atoms with Crippen molar-refractivity contribution < 1.29 is 13.5 Å². The molecule has 0 radical (unpaired) electrons. The van der Waals surface area contributed by atoms with Crippen LogP contribution in [0.4, 0.5) is 8.78 Å². The Labute approximate surface area is 101 Å². The molecule has 0 aliphatic carbocycles. The average molecular weight is 243 g/mol. The van der Waals surface area contributed by atoms with Gasteiger partial charge in [-0.3, -0.25) is 0 Å². The van der Waals surface area contributed by atoms with Crippen molar-refractivity contribution in [1.82, 2.24) is 0 Å². The van der Waals surface area contributed by atoms with E-state index >= 15 is 0 Å². The second kappa shape index (κ2) is 5.00. The summed E-state index contributed by atoms with van der Waals surface area (Å²) in [4.78, 5) is 0. The summed E-state index contributed by atoms with van der Waals surface area (Å²) >= 11 is 0. The van der Waals surface area contributed by atoms with Gasteiger partial charge >= 0.3 is 0 Å². The van der Waals surface area contributed by atoms with Gasteiger partial charge in [-0.05, 0) is 19.1 Å². The molecule has 0 saturated heterocycles. The van der Waals surface area contributed by atoms with Crippen LogP contribution < -0.4 is 10.5 Å². The molecule has 2 atom stereocenters. The number of halogens is 2. The van der Waals surface area contributed by atoms with Crippen molar-refractivity contribution in [2.24, 2.45) is 11.1 Å². The number of nitrogens with two attached hydrogens (primary N) is 1.